The van der Waals surface area contributed by atoms with Gasteiger partial charge in [-0.05, 0) is 54.3 Å². The van der Waals surface area contributed by atoms with Crippen LogP contribution in [0.3, 0.4) is 0 Å². The van der Waals surface area contributed by atoms with Gasteiger partial charge in [-0.25, -0.2) is 4.79 Å². The van der Waals surface area contributed by atoms with Gasteiger partial charge >= 0.3 is 6.16 Å². The fourth-order valence-electron chi connectivity index (χ4n) is 2.98. The number of rotatable bonds is 8. The SMILES string of the molecule is CCc1ccc(NC(=O)[C@@H](N)Cc2ccc(OC(=O)OCc3ccccc3Br)cc2)cc1. The number of anilines is 1. The van der Waals surface area contributed by atoms with Crippen molar-refractivity contribution in [2.75, 3.05) is 5.32 Å². The number of ether oxygens (including phenoxy) is 2. The molecule has 0 heterocycles. The molecule has 6 nitrogen and oxygen atoms in total. The number of halogens is 1. The van der Waals surface area contributed by atoms with E-state index in [1.165, 1.54) is 5.56 Å². The number of carbonyl (C=O) groups excluding carboxylic acids is 2. The number of carbonyl (C=O) groups is 2. The van der Waals surface area contributed by atoms with Crippen molar-refractivity contribution in [3.8, 4) is 5.75 Å². The van der Waals surface area contributed by atoms with Gasteiger partial charge in [0, 0.05) is 15.7 Å². The highest BCUT2D eigenvalue weighted by atomic mass is 79.9. The average molecular weight is 497 g/mol. The number of benzene rings is 3. The topological polar surface area (TPSA) is 90.7 Å². The standard InChI is InChI=1S/C25H25BrN2O4/c1-2-17-7-11-20(12-8-17)28-24(29)23(27)15-18-9-13-21(14-10-18)32-25(30)31-16-19-5-3-4-6-22(19)26/h3-14,23H,2,15-16,27H2,1H3,(H,28,29)/t23-/m0/s1. The summed E-state index contributed by atoms with van der Waals surface area (Å²) >= 11 is 3.40. The summed E-state index contributed by atoms with van der Waals surface area (Å²) in [6.45, 7) is 2.18. The highest BCUT2D eigenvalue weighted by Gasteiger charge is 2.15. The first-order valence-corrected chi connectivity index (χ1v) is 11.1. The second-order valence-electron chi connectivity index (χ2n) is 7.23. The molecule has 0 fully saturated rings. The molecule has 166 valence electrons. The number of nitrogens with one attached hydrogen (secondary N) is 1. The van der Waals surface area contributed by atoms with E-state index in [0.29, 0.717) is 17.9 Å². The Hall–Kier alpha value is -3.16. The van der Waals surface area contributed by atoms with Crippen LogP contribution in [0.1, 0.15) is 23.6 Å². The lowest BCUT2D eigenvalue weighted by molar-refractivity contribution is -0.117. The lowest BCUT2D eigenvalue weighted by atomic mass is 10.1. The Morgan fingerprint density at radius 3 is 2.28 bits per heavy atom. The van der Waals surface area contributed by atoms with E-state index < -0.39 is 12.2 Å². The Bertz CT molecular complexity index is 1050. The van der Waals surface area contributed by atoms with Gasteiger partial charge in [0.25, 0.3) is 0 Å². The van der Waals surface area contributed by atoms with Gasteiger partial charge < -0.3 is 20.5 Å². The normalized spacial score (nSPS) is 11.5. The van der Waals surface area contributed by atoms with Crippen molar-refractivity contribution in [2.24, 2.45) is 5.73 Å². The van der Waals surface area contributed by atoms with Gasteiger partial charge in [-0.2, -0.15) is 0 Å². The maximum atomic E-state index is 12.4. The molecule has 0 spiro atoms. The zero-order chi connectivity index (χ0) is 22.9. The van der Waals surface area contributed by atoms with Gasteiger partial charge in [0.1, 0.15) is 12.4 Å². The molecule has 3 aromatic carbocycles. The minimum absolute atomic E-state index is 0.101. The fraction of sp³-hybridized carbons (Fsp3) is 0.200. The Morgan fingerprint density at radius 1 is 0.969 bits per heavy atom. The van der Waals surface area contributed by atoms with Gasteiger partial charge in [-0.3, -0.25) is 4.79 Å². The van der Waals surface area contributed by atoms with Crippen LogP contribution in [0.4, 0.5) is 10.5 Å². The summed E-state index contributed by atoms with van der Waals surface area (Å²) in [5, 5.41) is 2.83. The molecule has 0 unspecified atom stereocenters. The third-order valence-electron chi connectivity index (χ3n) is 4.85. The molecule has 0 aromatic heterocycles. The maximum Gasteiger partial charge on any atom is 0.514 e. The zero-order valence-electron chi connectivity index (χ0n) is 17.7. The molecule has 7 heteroatoms. The van der Waals surface area contributed by atoms with Crippen LogP contribution >= 0.6 is 15.9 Å². The largest absolute Gasteiger partial charge is 0.514 e. The maximum absolute atomic E-state index is 12.4. The number of hydrogen-bond donors (Lipinski definition) is 2. The Balaban J connectivity index is 1.47. The number of amides is 1. The van der Waals surface area contributed by atoms with Gasteiger partial charge in [0.05, 0.1) is 6.04 Å². The summed E-state index contributed by atoms with van der Waals surface area (Å²) in [5.74, 6) is 0.0881. The van der Waals surface area contributed by atoms with Crippen LogP contribution in [0, 0.1) is 0 Å². The van der Waals surface area contributed by atoms with Crippen molar-refractivity contribution in [1.82, 2.24) is 0 Å². The molecular weight excluding hydrogens is 472 g/mol. The lowest BCUT2D eigenvalue weighted by Crippen LogP contribution is -2.37. The zero-order valence-corrected chi connectivity index (χ0v) is 19.3. The summed E-state index contributed by atoms with van der Waals surface area (Å²) in [5.41, 5.74) is 9.66. The van der Waals surface area contributed by atoms with Crippen molar-refractivity contribution in [1.29, 1.82) is 0 Å². The van der Waals surface area contributed by atoms with Crippen LogP contribution < -0.4 is 15.8 Å². The van der Waals surface area contributed by atoms with Crippen LogP contribution in [0.2, 0.25) is 0 Å². The molecule has 0 aliphatic heterocycles. The van der Waals surface area contributed by atoms with E-state index in [1.54, 1.807) is 24.3 Å². The van der Waals surface area contributed by atoms with E-state index in [2.05, 4.69) is 28.2 Å². The minimum atomic E-state index is -0.793. The van der Waals surface area contributed by atoms with Crippen LogP contribution in [-0.4, -0.2) is 18.1 Å². The molecule has 3 aromatic rings. The van der Waals surface area contributed by atoms with E-state index in [9.17, 15) is 9.59 Å². The van der Waals surface area contributed by atoms with E-state index in [-0.39, 0.29) is 12.5 Å². The summed E-state index contributed by atoms with van der Waals surface area (Å²) in [6, 6.07) is 21.3. The van der Waals surface area contributed by atoms with E-state index in [0.717, 1.165) is 22.0 Å². The van der Waals surface area contributed by atoms with E-state index in [1.807, 2.05) is 48.5 Å². The van der Waals surface area contributed by atoms with E-state index >= 15 is 0 Å². The molecule has 0 saturated heterocycles. The highest BCUT2D eigenvalue weighted by molar-refractivity contribution is 9.10. The van der Waals surface area contributed by atoms with Crippen LogP contribution in [0.25, 0.3) is 0 Å². The molecule has 1 atom stereocenters. The number of nitrogens with two attached hydrogens (primary N) is 1. The molecule has 1 amide bonds. The minimum Gasteiger partial charge on any atom is -0.429 e. The van der Waals surface area contributed by atoms with Crippen LogP contribution in [0.5, 0.6) is 5.75 Å². The predicted octanol–water partition coefficient (Wildman–Crippen LogP) is 5.24. The summed E-state index contributed by atoms with van der Waals surface area (Å²) in [4.78, 5) is 24.3. The molecule has 0 aliphatic rings. The Morgan fingerprint density at radius 2 is 1.62 bits per heavy atom. The van der Waals surface area contributed by atoms with Gasteiger partial charge in [0.2, 0.25) is 5.91 Å². The Labute approximate surface area is 195 Å². The number of hydrogen-bond acceptors (Lipinski definition) is 5. The van der Waals surface area contributed by atoms with Gasteiger partial charge in [-0.1, -0.05) is 65.3 Å². The molecule has 32 heavy (non-hydrogen) atoms. The van der Waals surface area contributed by atoms with Crippen molar-refractivity contribution < 1.29 is 19.1 Å². The second-order valence-corrected chi connectivity index (χ2v) is 8.08. The Kier molecular flexibility index (Phi) is 8.41. The molecule has 3 N–H and O–H groups in total. The monoisotopic (exact) mass is 496 g/mol. The predicted molar refractivity (Wildman–Crippen MR) is 128 cm³/mol. The summed E-state index contributed by atoms with van der Waals surface area (Å²) < 4.78 is 11.2. The third-order valence-corrected chi connectivity index (χ3v) is 5.62. The van der Waals surface area contributed by atoms with Gasteiger partial charge in [-0.15, -0.1) is 0 Å². The lowest BCUT2D eigenvalue weighted by Gasteiger charge is -2.13. The quantitative estimate of drug-likeness (QED) is 0.328. The fourth-order valence-corrected chi connectivity index (χ4v) is 3.38. The average Bonchev–Trinajstić information content (AvgIpc) is 2.80. The van der Waals surface area contributed by atoms with Crippen molar-refractivity contribution in [2.45, 2.75) is 32.4 Å². The van der Waals surface area contributed by atoms with Crippen molar-refractivity contribution >= 4 is 33.7 Å². The molecule has 0 bridgehead atoms. The van der Waals surface area contributed by atoms with Crippen LogP contribution in [0.15, 0.2) is 77.3 Å². The van der Waals surface area contributed by atoms with Crippen LogP contribution in [-0.2, 0) is 29.0 Å². The molecular formula is C25H25BrN2O4. The summed E-state index contributed by atoms with van der Waals surface area (Å²) in [7, 11) is 0. The van der Waals surface area contributed by atoms with Crippen molar-refractivity contribution in [3.05, 3.63) is 94.0 Å². The third kappa shape index (κ3) is 6.93. The second kappa shape index (κ2) is 11.5. The van der Waals surface area contributed by atoms with Gasteiger partial charge in [0.15, 0.2) is 0 Å². The summed E-state index contributed by atoms with van der Waals surface area (Å²) in [6.07, 6.45) is 0.500. The highest BCUT2D eigenvalue weighted by Crippen LogP contribution is 2.18. The van der Waals surface area contributed by atoms with Crippen molar-refractivity contribution in [3.63, 3.8) is 0 Å². The first-order valence-electron chi connectivity index (χ1n) is 10.3. The smallest absolute Gasteiger partial charge is 0.429 e. The molecule has 3 rings (SSSR count). The molecule has 0 saturated carbocycles. The first-order chi connectivity index (χ1) is 15.4. The molecule has 0 aliphatic carbocycles. The number of aryl methyl sites for hydroxylation is 1. The first kappa shape index (κ1) is 23.5. The molecule has 0 radical (unpaired) electrons. The van der Waals surface area contributed by atoms with E-state index in [4.69, 9.17) is 15.2 Å².